The summed E-state index contributed by atoms with van der Waals surface area (Å²) >= 11 is 5.92. The summed E-state index contributed by atoms with van der Waals surface area (Å²) < 4.78 is 0. The molecule has 92 valence electrons. The van der Waals surface area contributed by atoms with Gasteiger partial charge in [-0.2, -0.15) is 0 Å². The Bertz CT molecular complexity index is 565. The highest BCUT2D eigenvalue weighted by Gasteiger charge is 2.20. The highest BCUT2D eigenvalue weighted by atomic mass is 35.5. The van der Waals surface area contributed by atoms with E-state index in [-0.39, 0.29) is 0 Å². The van der Waals surface area contributed by atoms with Crippen LogP contribution < -0.4 is 4.90 Å². The van der Waals surface area contributed by atoms with Crippen molar-refractivity contribution in [2.45, 2.75) is 12.8 Å². The van der Waals surface area contributed by atoms with Crippen molar-refractivity contribution in [2.24, 2.45) is 0 Å². The molecule has 3 heteroatoms. The van der Waals surface area contributed by atoms with Crippen molar-refractivity contribution >= 4 is 23.0 Å². The fourth-order valence-corrected chi connectivity index (χ4v) is 2.62. The molecule has 0 fully saturated rings. The maximum Gasteiger partial charge on any atom is 0.120 e. The fraction of sp³-hybridized carbons (Fsp3) is 0.200. The number of anilines is 2. The Labute approximate surface area is 111 Å². The lowest BCUT2D eigenvalue weighted by Gasteiger charge is -2.31. The van der Waals surface area contributed by atoms with E-state index in [1.807, 2.05) is 30.3 Å². The number of phenols is 1. The molecule has 0 amide bonds. The molecule has 0 aromatic heterocycles. The zero-order valence-electron chi connectivity index (χ0n) is 9.94. The van der Waals surface area contributed by atoms with Crippen LogP contribution in [0.2, 0.25) is 5.02 Å². The van der Waals surface area contributed by atoms with Gasteiger partial charge in [-0.15, -0.1) is 0 Å². The molecule has 2 nitrogen and oxygen atoms in total. The van der Waals surface area contributed by atoms with E-state index in [1.165, 1.54) is 0 Å². The fourth-order valence-electron chi connectivity index (χ4n) is 2.50. The molecule has 0 saturated heterocycles. The Morgan fingerprint density at radius 1 is 1.06 bits per heavy atom. The van der Waals surface area contributed by atoms with Gasteiger partial charge < -0.3 is 10.0 Å². The van der Waals surface area contributed by atoms with Gasteiger partial charge in [-0.05, 0) is 49.2 Å². The van der Waals surface area contributed by atoms with Crippen LogP contribution in [0.4, 0.5) is 11.4 Å². The van der Waals surface area contributed by atoms with Gasteiger partial charge in [0.15, 0.2) is 0 Å². The van der Waals surface area contributed by atoms with E-state index in [9.17, 15) is 5.11 Å². The topological polar surface area (TPSA) is 23.5 Å². The van der Waals surface area contributed by atoms with Gasteiger partial charge in [-0.25, -0.2) is 0 Å². The minimum atomic E-state index is 0.395. The molecule has 3 rings (SSSR count). The van der Waals surface area contributed by atoms with Gasteiger partial charge in [-0.1, -0.05) is 17.7 Å². The Kier molecular flexibility index (Phi) is 2.88. The second kappa shape index (κ2) is 4.54. The molecule has 0 spiro atoms. The van der Waals surface area contributed by atoms with E-state index >= 15 is 0 Å². The van der Waals surface area contributed by atoms with E-state index in [1.54, 1.807) is 6.07 Å². The summed E-state index contributed by atoms with van der Waals surface area (Å²) in [7, 11) is 0. The van der Waals surface area contributed by atoms with Crippen LogP contribution in [0.5, 0.6) is 5.75 Å². The molecule has 0 bridgehead atoms. The van der Waals surface area contributed by atoms with Crippen molar-refractivity contribution in [3.8, 4) is 5.75 Å². The molecule has 2 aromatic rings. The quantitative estimate of drug-likeness (QED) is 0.832. The van der Waals surface area contributed by atoms with Crippen molar-refractivity contribution < 1.29 is 5.11 Å². The van der Waals surface area contributed by atoms with Crippen LogP contribution >= 0.6 is 11.6 Å². The van der Waals surface area contributed by atoms with Crippen LogP contribution in [0, 0.1) is 0 Å². The number of nitrogens with zero attached hydrogens (tertiary/aromatic N) is 1. The molecule has 0 radical (unpaired) electrons. The second-order valence-corrected chi connectivity index (χ2v) is 4.94. The highest BCUT2D eigenvalue weighted by Crippen LogP contribution is 2.37. The van der Waals surface area contributed by atoms with Gasteiger partial charge in [-0.3, -0.25) is 0 Å². The third-order valence-corrected chi connectivity index (χ3v) is 3.62. The largest absolute Gasteiger partial charge is 0.508 e. The normalized spacial score (nSPS) is 14.4. The number of benzene rings is 2. The first-order valence-corrected chi connectivity index (χ1v) is 6.47. The number of hydrogen-bond acceptors (Lipinski definition) is 2. The number of rotatable bonds is 1. The lowest BCUT2D eigenvalue weighted by Crippen LogP contribution is -2.24. The first-order chi connectivity index (χ1) is 8.75. The van der Waals surface area contributed by atoms with Crippen molar-refractivity contribution in [2.75, 3.05) is 11.4 Å². The second-order valence-electron chi connectivity index (χ2n) is 4.51. The molecule has 1 aliphatic rings. The molecule has 0 aliphatic carbocycles. The summed E-state index contributed by atoms with van der Waals surface area (Å²) in [5.41, 5.74) is 3.26. The summed E-state index contributed by atoms with van der Waals surface area (Å²) in [5.74, 6) is 0.395. The Morgan fingerprint density at radius 2 is 1.83 bits per heavy atom. The Hall–Kier alpha value is -1.67. The van der Waals surface area contributed by atoms with E-state index in [4.69, 9.17) is 11.6 Å². The van der Waals surface area contributed by atoms with Crippen LogP contribution in [-0.2, 0) is 6.42 Å². The van der Waals surface area contributed by atoms with E-state index in [0.29, 0.717) is 5.75 Å². The predicted octanol–water partition coefficient (Wildman–Crippen LogP) is 4.13. The number of fused-ring (bicyclic) bond motifs is 1. The van der Waals surface area contributed by atoms with E-state index < -0.39 is 0 Å². The molecule has 18 heavy (non-hydrogen) atoms. The van der Waals surface area contributed by atoms with E-state index in [0.717, 1.165) is 41.3 Å². The molecular weight excluding hydrogens is 246 g/mol. The van der Waals surface area contributed by atoms with Crippen LogP contribution in [-0.4, -0.2) is 11.7 Å². The zero-order chi connectivity index (χ0) is 12.5. The van der Waals surface area contributed by atoms with Crippen LogP contribution in [0.3, 0.4) is 0 Å². The standard InChI is InChI=1S/C15H14ClNO/c16-11-6-8-12(9-7-11)17-10-2-3-13-14(17)4-1-5-15(13)18/h1,4-9,18H,2-3,10H2. The summed E-state index contributed by atoms with van der Waals surface area (Å²) in [6.45, 7) is 0.970. The monoisotopic (exact) mass is 259 g/mol. The minimum Gasteiger partial charge on any atom is -0.508 e. The summed E-state index contributed by atoms with van der Waals surface area (Å²) in [6.07, 6.45) is 1.99. The molecule has 0 unspecified atom stereocenters. The van der Waals surface area contributed by atoms with Crippen molar-refractivity contribution in [3.05, 3.63) is 53.1 Å². The third-order valence-electron chi connectivity index (χ3n) is 3.36. The lowest BCUT2D eigenvalue weighted by atomic mass is 10.00. The van der Waals surface area contributed by atoms with Gasteiger partial charge in [0.05, 0.1) is 0 Å². The van der Waals surface area contributed by atoms with Gasteiger partial charge in [0.25, 0.3) is 0 Å². The SMILES string of the molecule is Oc1cccc2c1CCCN2c1ccc(Cl)cc1. The summed E-state index contributed by atoms with van der Waals surface area (Å²) in [4.78, 5) is 2.23. The Morgan fingerprint density at radius 3 is 2.61 bits per heavy atom. The molecule has 0 atom stereocenters. The van der Waals surface area contributed by atoms with Crippen LogP contribution in [0.1, 0.15) is 12.0 Å². The zero-order valence-corrected chi connectivity index (χ0v) is 10.7. The van der Waals surface area contributed by atoms with Crippen molar-refractivity contribution in [1.82, 2.24) is 0 Å². The molecular formula is C15H14ClNO. The van der Waals surface area contributed by atoms with Crippen molar-refractivity contribution in [1.29, 1.82) is 0 Å². The first-order valence-electron chi connectivity index (χ1n) is 6.09. The summed E-state index contributed by atoms with van der Waals surface area (Å²) in [5, 5.41) is 10.7. The van der Waals surface area contributed by atoms with Gasteiger partial charge >= 0.3 is 0 Å². The minimum absolute atomic E-state index is 0.395. The van der Waals surface area contributed by atoms with Gasteiger partial charge in [0.1, 0.15) is 5.75 Å². The molecule has 1 heterocycles. The van der Waals surface area contributed by atoms with Crippen molar-refractivity contribution in [3.63, 3.8) is 0 Å². The van der Waals surface area contributed by atoms with Gasteiger partial charge in [0, 0.05) is 28.5 Å². The van der Waals surface area contributed by atoms with Crippen LogP contribution in [0.25, 0.3) is 0 Å². The van der Waals surface area contributed by atoms with E-state index in [2.05, 4.69) is 11.0 Å². The molecule has 1 aliphatic heterocycles. The maximum absolute atomic E-state index is 9.92. The number of hydrogen-bond donors (Lipinski definition) is 1. The molecule has 2 aromatic carbocycles. The highest BCUT2D eigenvalue weighted by molar-refractivity contribution is 6.30. The summed E-state index contributed by atoms with van der Waals surface area (Å²) in [6, 6.07) is 13.5. The average molecular weight is 260 g/mol. The number of aromatic hydroxyl groups is 1. The lowest BCUT2D eigenvalue weighted by molar-refractivity contribution is 0.465. The van der Waals surface area contributed by atoms with Gasteiger partial charge in [0.2, 0.25) is 0 Å². The number of halogens is 1. The molecule has 1 N–H and O–H groups in total. The average Bonchev–Trinajstić information content (AvgIpc) is 2.40. The smallest absolute Gasteiger partial charge is 0.120 e. The molecule has 0 saturated carbocycles. The maximum atomic E-state index is 9.92. The third kappa shape index (κ3) is 1.93. The Balaban J connectivity index is 2.06. The van der Waals surface area contributed by atoms with Crippen LogP contribution in [0.15, 0.2) is 42.5 Å². The first kappa shape index (κ1) is 11.4. The number of phenolic OH excluding ortho intramolecular Hbond substituents is 1. The predicted molar refractivity (Wildman–Crippen MR) is 74.9 cm³/mol.